The number of rotatable bonds is 3. The zero-order chi connectivity index (χ0) is 16.4. The number of fused-ring (bicyclic) bond motifs is 1. The van der Waals surface area contributed by atoms with Crippen LogP contribution < -0.4 is 10.2 Å². The normalized spacial score (nSPS) is 18.3. The summed E-state index contributed by atoms with van der Waals surface area (Å²) in [6, 6.07) is 4.73. The zero-order valence-electron chi connectivity index (χ0n) is 12.5. The van der Waals surface area contributed by atoms with Gasteiger partial charge in [-0.05, 0) is 25.0 Å². The maximum Gasteiger partial charge on any atom is 0.274 e. The number of amides is 2. The molecule has 0 unspecified atom stereocenters. The van der Waals surface area contributed by atoms with Crippen molar-refractivity contribution in [1.82, 2.24) is 10.4 Å². The summed E-state index contributed by atoms with van der Waals surface area (Å²) in [7, 11) is 0. The van der Waals surface area contributed by atoms with E-state index in [0.29, 0.717) is 25.1 Å². The highest BCUT2D eigenvalue weighted by Crippen LogP contribution is 2.42. The van der Waals surface area contributed by atoms with E-state index in [1.165, 1.54) is 17.2 Å². The van der Waals surface area contributed by atoms with Crippen LogP contribution in [-0.4, -0.2) is 33.6 Å². The Morgan fingerprint density at radius 1 is 1.35 bits per heavy atom. The number of nitrogens with one attached hydrogen (secondary N) is 1. The average molecular weight is 318 g/mol. The smallest absolute Gasteiger partial charge is 0.274 e. The molecule has 1 aromatic carbocycles. The van der Waals surface area contributed by atoms with Gasteiger partial charge in [-0.3, -0.25) is 14.8 Å². The van der Waals surface area contributed by atoms with Crippen molar-refractivity contribution < 1.29 is 24.6 Å². The summed E-state index contributed by atoms with van der Waals surface area (Å²) >= 11 is 0. The zero-order valence-corrected chi connectivity index (χ0v) is 12.5. The molecule has 1 aliphatic carbocycles. The summed E-state index contributed by atoms with van der Waals surface area (Å²) in [5, 5.41) is 18.2. The highest BCUT2D eigenvalue weighted by Gasteiger charge is 2.45. The number of hydrogen-bond donors (Lipinski definition) is 3. The Morgan fingerprint density at radius 3 is 2.74 bits per heavy atom. The lowest BCUT2D eigenvalue weighted by Crippen LogP contribution is -2.48. The second kappa shape index (κ2) is 6.02. The van der Waals surface area contributed by atoms with Crippen molar-refractivity contribution in [3.05, 3.63) is 41.8 Å². The van der Waals surface area contributed by atoms with Crippen LogP contribution >= 0.6 is 0 Å². The molecule has 1 aromatic rings. The molecule has 0 bridgehead atoms. The van der Waals surface area contributed by atoms with Gasteiger partial charge in [-0.25, -0.2) is 5.48 Å². The van der Waals surface area contributed by atoms with Crippen LogP contribution in [0.3, 0.4) is 0 Å². The number of aliphatic hydroxyl groups is 1. The SMILES string of the molecule is O=C(NO)c1ccc2c(c1)OC=CN(C(=O)C1(CO)CCC1)C2. The lowest BCUT2D eigenvalue weighted by Gasteiger charge is -2.41. The first-order valence-corrected chi connectivity index (χ1v) is 7.42. The molecular formula is C16H18N2O5. The molecule has 1 heterocycles. The minimum Gasteiger partial charge on any atom is -0.463 e. The van der Waals surface area contributed by atoms with E-state index < -0.39 is 11.3 Å². The van der Waals surface area contributed by atoms with E-state index in [9.17, 15) is 14.7 Å². The highest BCUT2D eigenvalue weighted by atomic mass is 16.5. The van der Waals surface area contributed by atoms with Crippen molar-refractivity contribution in [3.63, 3.8) is 0 Å². The molecular weight excluding hydrogens is 300 g/mol. The fraction of sp³-hybridized carbons (Fsp3) is 0.375. The van der Waals surface area contributed by atoms with Gasteiger partial charge >= 0.3 is 0 Å². The molecule has 3 N–H and O–H groups in total. The van der Waals surface area contributed by atoms with E-state index >= 15 is 0 Å². The van der Waals surface area contributed by atoms with Crippen LogP contribution in [0.25, 0.3) is 0 Å². The summed E-state index contributed by atoms with van der Waals surface area (Å²) in [6.45, 7) is 0.146. The second-order valence-electron chi connectivity index (χ2n) is 5.89. The molecule has 0 aromatic heterocycles. The predicted octanol–water partition coefficient (Wildman–Crippen LogP) is 1.16. The Kier molecular flexibility index (Phi) is 4.06. The van der Waals surface area contributed by atoms with Crippen LogP contribution in [-0.2, 0) is 11.3 Å². The van der Waals surface area contributed by atoms with E-state index in [-0.39, 0.29) is 18.1 Å². The molecule has 0 saturated heterocycles. The Bertz CT molecular complexity index is 661. The van der Waals surface area contributed by atoms with E-state index in [2.05, 4.69) is 0 Å². The van der Waals surface area contributed by atoms with Gasteiger partial charge in [0, 0.05) is 17.3 Å². The van der Waals surface area contributed by atoms with Crippen molar-refractivity contribution in [2.45, 2.75) is 25.8 Å². The molecule has 3 rings (SSSR count). The Hall–Kier alpha value is -2.38. The molecule has 2 amide bonds. The van der Waals surface area contributed by atoms with Crippen LogP contribution in [0, 0.1) is 5.41 Å². The fourth-order valence-electron chi connectivity index (χ4n) is 2.90. The van der Waals surface area contributed by atoms with Crippen molar-refractivity contribution >= 4 is 11.8 Å². The minimum absolute atomic E-state index is 0.115. The van der Waals surface area contributed by atoms with Crippen LogP contribution in [0.15, 0.2) is 30.7 Å². The molecule has 1 aliphatic heterocycles. The number of hydroxylamine groups is 1. The summed E-state index contributed by atoms with van der Waals surface area (Å²) in [4.78, 5) is 25.7. The number of ether oxygens (including phenoxy) is 1. The molecule has 0 spiro atoms. The highest BCUT2D eigenvalue weighted by molar-refractivity contribution is 5.94. The van der Waals surface area contributed by atoms with E-state index in [0.717, 1.165) is 12.0 Å². The van der Waals surface area contributed by atoms with Gasteiger partial charge in [0.2, 0.25) is 5.91 Å². The molecule has 23 heavy (non-hydrogen) atoms. The van der Waals surface area contributed by atoms with E-state index in [1.807, 2.05) is 0 Å². The van der Waals surface area contributed by atoms with Crippen LogP contribution in [0.5, 0.6) is 5.75 Å². The number of benzene rings is 1. The first-order chi connectivity index (χ1) is 11.1. The lowest BCUT2D eigenvalue weighted by molar-refractivity contribution is -0.148. The fourth-order valence-corrected chi connectivity index (χ4v) is 2.90. The predicted molar refractivity (Wildman–Crippen MR) is 79.4 cm³/mol. The topological polar surface area (TPSA) is 99.1 Å². The van der Waals surface area contributed by atoms with E-state index in [4.69, 9.17) is 9.94 Å². The van der Waals surface area contributed by atoms with Gasteiger partial charge in [-0.1, -0.05) is 12.5 Å². The molecule has 1 fully saturated rings. The standard InChI is InChI=1S/C16H18N2O5/c19-10-16(4-1-5-16)15(21)18-6-7-23-13-8-11(14(20)17-22)2-3-12(13)9-18/h2-3,6-8,19,22H,1,4-5,9-10H2,(H,17,20). The summed E-state index contributed by atoms with van der Waals surface area (Å²) in [6.07, 6.45) is 5.25. The maximum atomic E-state index is 12.7. The van der Waals surface area contributed by atoms with E-state index in [1.54, 1.807) is 23.8 Å². The molecule has 1 saturated carbocycles. The molecule has 2 aliphatic rings. The Morgan fingerprint density at radius 2 is 2.13 bits per heavy atom. The first kappa shape index (κ1) is 15.5. The third kappa shape index (κ3) is 2.69. The average Bonchev–Trinajstić information content (AvgIpc) is 2.75. The van der Waals surface area contributed by atoms with Crippen molar-refractivity contribution in [2.75, 3.05) is 6.61 Å². The van der Waals surface area contributed by atoms with Gasteiger partial charge in [-0.15, -0.1) is 0 Å². The van der Waals surface area contributed by atoms with Gasteiger partial charge in [-0.2, -0.15) is 0 Å². The minimum atomic E-state index is -0.675. The van der Waals surface area contributed by atoms with Gasteiger partial charge in [0.15, 0.2) is 0 Å². The number of nitrogens with zero attached hydrogens (tertiary/aromatic N) is 1. The third-order valence-electron chi connectivity index (χ3n) is 4.54. The van der Waals surface area contributed by atoms with Crippen molar-refractivity contribution in [3.8, 4) is 5.75 Å². The molecule has 0 radical (unpaired) electrons. The third-order valence-corrected chi connectivity index (χ3v) is 4.54. The Labute approximate surface area is 133 Å². The first-order valence-electron chi connectivity index (χ1n) is 7.42. The summed E-state index contributed by atoms with van der Waals surface area (Å²) in [5.41, 5.74) is 1.89. The monoisotopic (exact) mass is 318 g/mol. The summed E-state index contributed by atoms with van der Waals surface area (Å²) < 4.78 is 5.46. The van der Waals surface area contributed by atoms with Gasteiger partial charge < -0.3 is 14.7 Å². The lowest BCUT2D eigenvalue weighted by atomic mass is 9.68. The van der Waals surface area contributed by atoms with Gasteiger partial charge in [0.1, 0.15) is 12.0 Å². The molecule has 122 valence electrons. The number of carbonyl (C=O) groups excluding carboxylic acids is 2. The Balaban J connectivity index is 1.84. The van der Waals surface area contributed by atoms with Gasteiger partial charge in [0.25, 0.3) is 5.91 Å². The maximum absolute atomic E-state index is 12.7. The largest absolute Gasteiger partial charge is 0.463 e. The van der Waals surface area contributed by atoms with Gasteiger partial charge in [0.05, 0.1) is 18.6 Å². The molecule has 7 heteroatoms. The second-order valence-corrected chi connectivity index (χ2v) is 5.89. The number of aliphatic hydroxyl groups excluding tert-OH is 1. The van der Waals surface area contributed by atoms with Crippen LogP contribution in [0.4, 0.5) is 0 Å². The molecule has 7 nitrogen and oxygen atoms in total. The molecule has 0 atom stereocenters. The number of hydrogen-bond acceptors (Lipinski definition) is 5. The quantitative estimate of drug-likeness (QED) is 0.574. The van der Waals surface area contributed by atoms with Crippen molar-refractivity contribution in [1.29, 1.82) is 0 Å². The number of carbonyl (C=O) groups is 2. The van der Waals surface area contributed by atoms with Crippen molar-refractivity contribution in [2.24, 2.45) is 5.41 Å². The van der Waals surface area contributed by atoms with Crippen LogP contribution in [0.2, 0.25) is 0 Å². The summed E-state index contributed by atoms with van der Waals surface area (Å²) in [5.74, 6) is -0.299. The van der Waals surface area contributed by atoms with Crippen LogP contribution in [0.1, 0.15) is 35.2 Å².